The van der Waals surface area contributed by atoms with Crippen LogP contribution >= 0.6 is 15.9 Å². The molecule has 0 fully saturated rings. The largest absolute Gasteiger partial charge is 0.468 e. The fourth-order valence-electron chi connectivity index (χ4n) is 1.28. The lowest BCUT2D eigenvalue weighted by Gasteiger charge is -2.28. The summed E-state index contributed by atoms with van der Waals surface area (Å²) in [6.07, 6.45) is 0.757. The van der Waals surface area contributed by atoms with Gasteiger partial charge in [-0.15, -0.1) is 0 Å². The molecule has 0 saturated carbocycles. The van der Waals surface area contributed by atoms with Crippen molar-refractivity contribution in [1.82, 2.24) is 0 Å². The lowest BCUT2D eigenvalue weighted by atomic mass is 9.85. The van der Waals surface area contributed by atoms with Crippen molar-refractivity contribution >= 4 is 21.9 Å². The molecule has 0 rings (SSSR count). The Morgan fingerprint density at radius 3 is 2.00 bits per heavy atom. The molecular formula is C9H17BrO2. The quantitative estimate of drug-likeness (QED) is 0.545. The van der Waals surface area contributed by atoms with E-state index in [1.165, 1.54) is 7.11 Å². The van der Waals surface area contributed by atoms with Gasteiger partial charge >= 0.3 is 5.97 Å². The van der Waals surface area contributed by atoms with Gasteiger partial charge in [-0.25, -0.2) is 0 Å². The minimum absolute atomic E-state index is 0.117. The number of hydrogen-bond donors (Lipinski definition) is 0. The topological polar surface area (TPSA) is 26.3 Å². The third kappa shape index (κ3) is 4.10. The molecule has 0 aliphatic heterocycles. The molecule has 0 saturated heterocycles. The number of methoxy groups -OCH3 is 1. The van der Waals surface area contributed by atoms with Crippen molar-refractivity contribution in [2.45, 2.75) is 38.4 Å². The van der Waals surface area contributed by atoms with Gasteiger partial charge in [0.2, 0.25) is 0 Å². The Bertz CT molecular complexity index is 168. The summed E-state index contributed by atoms with van der Waals surface area (Å²) in [5.74, 6) is -0.211. The van der Waals surface area contributed by atoms with E-state index in [1.807, 2.05) is 6.92 Å². The molecule has 0 heterocycles. The fraction of sp³-hybridized carbons (Fsp3) is 0.889. The second-order valence-corrected chi connectivity index (χ2v) is 6.18. The van der Waals surface area contributed by atoms with E-state index in [1.54, 1.807) is 0 Å². The number of ether oxygens (including phenoxy) is 1. The number of carbonyl (C=O) groups is 1. The molecule has 0 amide bonds. The van der Waals surface area contributed by atoms with E-state index in [0.717, 1.165) is 6.42 Å². The molecule has 0 radical (unpaired) electrons. The van der Waals surface area contributed by atoms with Crippen molar-refractivity contribution in [1.29, 1.82) is 0 Å². The molecule has 72 valence electrons. The van der Waals surface area contributed by atoms with Gasteiger partial charge in [-0.1, -0.05) is 36.7 Å². The van der Waals surface area contributed by atoms with Gasteiger partial charge in [0.25, 0.3) is 0 Å². The molecule has 12 heavy (non-hydrogen) atoms. The highest BCUT2D eigenvalue weighted by Crippen LogP contribution is 2.34. The number of carbonyl (C=O) groups excluding carboxylic acids is 1. The van der Waals surface area contributed by atoms with E-state index in [2.05, 4.69) is 41.4 Å². The molecule has 0 aliphatic carbocycles. The number of rotatable bonds is 2. The van der Waals surface area contributed by atoms with Crippen LogP contribution in [0.4, 0.5) is 0 Å². The third-order valence-electron chi connectivity index (χ3n) is 1.47. The number of esters is 1. The first kappa shape index (κ1) is 11.9. The van der Waals surface area contributed by atoms with Crippen LogP contribution in [0.15, 0.2) is 0 Å². The van der Waals surface area contributed by atoms with Crippen LogP contribution in [0.3, 0.4) is 0 Å². The molecule has 1 unspecified atom stereocenters. The van der Waals surface area contributed by atoms with Crippen LogP contribution in [0, 0.1) is 5.41 Å². The summed E-state index contributed by atoms with van der Waals surface area (Å²) >= 11 is 3.37. The Kier molecular flexibility index (Phi) is 3.76. The molecule has 1 atom stereocenters. The third-order valence-corrected chi connectivity index (χ3v) is 2.08. The minimum atomic E-state index is -0.556. The summed E-state index contributed by atoms with van der Waals surface area (Å²) in [5.41, 5.74) is 0.117. The maximum atomic E-state index is 11.2. The van der Waals surface area contributed by atoms with Crippen molar-refractivity contribution in [3.63, 3.8) is 0 Å². The molecule has 0 bridgehead atoms. The van der Waals surface area contributed by atoms with Gasteiger partial charge in [0.05, 0.1) is 7.11 Å². The highest BCUT2D eigenvalue weighted by Gasteiger charge is 2.35. The Hall–Kier alpha value is -0.0500. The van der Waals surface area contributed by atoms with E-state index < -0.39 is 4.32 Å². The maximum Gasteiger partial charge on any atom is 0.322 e. The first-order valence-electron chi connectivity index (χ1n) is 3.96. The van der Waals surface area contributed by atoms with E-state index in [9.17, 15) is 4.79 Å². The number of hydrogen-bond acceptors (Lipinski definition) is 2. The van der Waals surface area contributed by atoms with Gasteiger partial charge in [0, 0.05) is 0 Å². The van der Waals surface area contributed by atoms with E-state index in [-0.39, 0.29) is 11.4 Å². The number of halogens is 1. The zero-order valence-corrected chi connectivity index (χ0v) is 9.99. The predicted molar refractivity (Wildman–Crippen MR) is 53.4 cm³/mol. The summed E-state index contributed by atoms with van der Waals surface area (Å²) < 4.78 is 4.12. The Labute approximate surface area is 82.8 Å². The van der Waals surface area contributed by atoms with Crippen molar-refractivity contribution in [2.75, 3.05) is 7.11 Å². The van der Waals surface area contributed by atoms with Gasteiger partial charge in [-0.3, -0.25) is 4.79 Å². The average Bonchev–Trinajstić information content (AvgIpc) is 1.80. The summed E-state index contributed by atoms with van der Waals surface area (Å²) in [6, 6.07) is 0. The van der Waals surface area contributed by atoms with Gasteiger partial charge in [-0.05, 0) is 18.8 Å². The zero-order valence-electron chi connectivity index (χ0n) is 8.40. The van der Waals surface area contributed by atoms with Gasteiger partial charge in [0.15, 0.2) is 0 Å². The van der Waals surface area contributed by atoms with Gasteiger partial charge < -0.3 is 4.74 Å². The smallest absolute Gasteiger partial charge is 0.322 e. The van der Waals surface area contributed by atoms with Crippen LogP contribution in [0.1, 0.15) is 34.1 Å². The lowest BCUT2D eigenvalue weighted by Crippen LogP contribution is -2.33. The van der Waals surface area contributed by atoms with Gasteiger partial charge in [-0.2, -0.15) is 0 Å². The fourth-order valence-corrected chi connectivity index (χ4v) is 2.28. The van der Waals surface area contributed by atoms with Crippen LogP contribution in [-0.4, -0.2) is 17.4 Å². The molecule has 3 heteroatoms. The van der Waals surface area contributed by atoms with Crippen molar-refractivity contribution in [3.8, 4) is 0 Å². The Balaban J connectivity index is 4.32. The van der Waals surface area contributed by atoms with E-state index >= 15 is 0 Å². The van der Waals surface area contributed by atoms with Crippen molar-refractivity contribution in [2.24, 2.45) is 5.41 Å². The second kappa shape index (κ2) is 3.77. The van der Waals surface area contributed by atoms with Gasteiger partial charge in [0.1, 0.15) is 4.32 Å². The molecule has 0 N–H and O–H groups in total. The lowest BCUT2D eigenvalue weighted by molar-refractivity contribution is -0.143. The molecule has 0 aliphatic rings. The molecule has 0 aromatic rings. The SMILES string of the molecule is COC(=O)C(C)(Br)CC(C)(C)C. The predicted octanol–water partition coefficient (Wildman–Crippen LogP) is 2.75. The summed E-state index contributed by atoms with van der Waals surface area (Å²) in [6.45, 7) is 8.12. The maximum absolute atomic E-state index is 11.2. The van der Waals surface area contributed by atoms with Crippen LogP contribution in [0.25, 0.3) is 0 Å². The first-order chi connectivity index (χ1) is 5.19. The summed E-state index contributed by atoms with van der Waals surface area (Å²) in [7, 11) is 1.41. The summed E-state index contributed by atoms with van der Waals surface area (Å²) in [5, 5.41) is 0. The average molecular weight is 237 g/mol. The van der Waals surface area contributed by atoms with Crippen molar-refractivity contribution < 1.29 is 9.53 Å². The van der Waals surface area contributed by atoms with Crippen LogP contribution in [0.2, 0.25) is 0 Å². The first-order valence-corrected chi connectivity index (χ1v) is 4.76. The minimum Gasteiger partial charge on any atom is -0.468 e. The monoisotopic (exact) mass is 236 g/mol. The highest BCUT2D eigenvalue weighted by molar-refractivity contribution is 9.10. The Morgan fingerprint density at radius 2 is 1.75 bits per heavy atom. The zero-order chi connectivity index (χ0) is 9.99. The van der Waals surface area contributed by atoms with Crippen LogP contribution in [0.5, 0.6) is 0 Å². The molecule has 0 aromatic carbocycles. The molecule has 0 aromatic heterocycles. The van der Waals surface area contributed by atoms with E-state index in [0.29, 0.717) is 0 Å². The highest BCUT2D eigenvalue weighted by atomic mass is 79.9. The molecule has 2 nitrogen and oxygen atoms in total. The van der Waals surface area contributed by atoms with Crippen LogP contribution < -0.4 is 0 Å². The molecule has 0 spiro atoms. The normalized spacial score (nSPS) is 16.8. The van der Waals surface area contributed by atoms with Crippen molar-refractivity contribution in [3.05, 3.63) is 0 Å². The standard InChI is InChI=1S/C9H17BrO2/c1-8(2,3)6-9(4,10)7(11)12-5/h6H2,1-5H3. The second-order valence-electron chi connectivity index (χ2n) is 4.43. The summed E-state index contributed by atoms with van der Waals surface area (Å²) in [4.78, 5) is 11.2. The Morgan fingerprint density at radius 1 is 1.33 bits per heavy atom. The van der Waals surface area contributed by atoms with E-state index in [4.69, 9.17) is 0 Å². The number of alkyl halides is 1. The molecular weight excluding hydrogens is 220 g/mol. The van der Waals surface area contributed by atoms with Crippen LogP contribution in [-0.2, 0) is 9.53 Å².